The molecule has 0 aromatic heterocycles. The van der Waals surface area contributed by atoms with Crippen LogP contribution in [0, 0.1) is 0 Å². The van der Waals surface area contributed by atoms with Crippen LogP contribution in [0.1, 0.15) is 6.42 Å². The van der Waals surface area contributed by atoms with Crippen molar-refractivity contribution in [2.45, 2.75) is 12.5 Å². The van der Waals surface area contributed by atoms with Crippen molar-refractivity contribution < 1.29 is 13.9 Å². The van der Waals surface area contributed by atoms with Gasteiger partial charge in [0.25, 0.3) is 0 Å². The summed E-state index contributed by atoms with van der Waals surface area (Å²) in [6, 6.07) is 0. The molecule has 4 heteroatoms. The Balaban J connectivity index is 2.67. The molecule has 0 saturated carbocycles. The van der Waals surface area contributed by atoms with Gasteiger partial charge in [0.15, 0.2) is 11.1 Å². The molecule has 0 radical (unpaired) electrons. The standard InChI is InChI=1S/C6H8O3S/c7-5-1-3-6(4-2-5)10(8)9/h1,3-5,7H,2H2,(H,8,9). The lowest BCUT2D eigenvalue weighted by Gasteiger charge is -2.07. The molecule has 0 fully saturated rings. The molecule has 0 aromatic rings. The van der Waals surface area contributed by atoms with Gasteiger partial charge in [-0.15, -0.1) is 0 Å². The van der Waals surface area contributed by atoms with Crippen molar-refractivity contribution >= 4 is 11.1 Å². The molecule has 2 unspecified atom stereocenters. The lowest BCUT2D eigenvalue weighted by molar-refractivity contribution is 0.225. The lowest BCUT2D eigenvalue weighted by Crippen LogP contribution is -2.05. The third kappa shape index (κ3) is 1.76. The Kier molecular flexibility index (Phi) is 2.37. The van der Waals surface area contributed by atoms with Crippen LogP contribution in [0.25, 0.3) is 0 Å². The van der Waals surface area contributed by atoms with E-state index in [2.05, 4.69) is 0 Å². The van der Waals surface area contributed by atoms with Gasteiger partial charge in [0.05, 0.1) is 11.0 Å². The molecule has 3 nitrogen and oxygen atoms in total. The fraction of sp³-hybridized carbons (Fsp3) is 0.333. The second-order valence-corrected chi connectivity index (χ2v) is 2.99. The van der Waals surface area contributed by atoms with Gasteiger partial charge in [-0.1, -0.05) is 12.2 Å². The molecule has 0 amide bonds. The first kappa shape index (κ1) is 7.65. The van der Waals surface area contributed by atoms with Crippen molar-refractivity contribution in [3.8, 4) is 0 Å². The molecule has 0 aliphatic heterocycles. The Labute approximate surface area is 61.4 Å². The van der Waals surface area contributed by atoms with Crippen molar-refractivity contribution in [3.05, 3.63) is 23.1 Å². The van der Waals surface area contributed by atoms with Gasteiger partial charge in [-0.25, -0.2) is 4.21 Å². The molecule has 1 aliphatic carbocycles. The Hall–Kier alpha value is -0.450. The minimum atomic E-state index is -1.90. The molecule has 0 aromatic carbocycles. The van der Waals surface area contributed by atoms with E-state index in [9.17, 15) is 4.21 Å². The Morgan fingerprint density at radius 2 is 2.40 bits per heavy atom. The van der Waals surface area contributed by atoms with Crippen LogP contribution in [-0.2, 0) is 11.1 Å². The van der Waals surface area contributed by atoms with Crippen molar-refractivity contribution in [3.63, 3.8) is 0 Å². The van der Waals surface area contributed by atoms with Crippen LogP contribution in [0.5, 0.6) is 0 Å². The average molecular weight is 160 g/mol. The fourth-order valence-electron chi connectivity index (χ4n) is 0.719. The summed E-state index contributed by atoms with van der Waals surface area (Å²) in [5.74, 6) is 0. The summed E-state index contributed by atoms with van der Waals surface area (Å²) in [6.45, 7) is 0. The highest BCUT2D eigenvalue weighted by atomic mass is 32.2. The van der Waals surface area contributed by atoms with Crippen LogP contribution >= 0.6 is 0 Å². The van der Waals surface area contributed by atoms with Gasteiger partial charge in [0.2, 0.25) is 0 Å². The molecule has 56 valence electrons. The molecule has 1 rings (SSSR count). The van der Waals surface area contributed by atoms with E-state index in [1.54, 1.807) is 6.08 Å². The first-order valence-corrected chi connectivity index (χ1v) is 3.98. The third-order valence-corrected chi connectivity index (χ3v) is 1.95. The van der Waals surface area contributed by atoms with Gasteiger partial charge in [0, 0.05) is 0 Å². The summed E-state index contributed by atoms with van der Waals surface area (Å²) >= 11 is -1.90. The number of hydrogen-bond acceptors (Lipinski definition) is 2. The highest BCUT2D eigenvalue weighted by Crippen LogP contribution is 2.11. The van der Waals surface area contributed by atoms with Crippen LogP contribution in [0.2, 0.25) is 0 Å². The molecule has 1 aliphatic rings. The van der Waals surface area contributed by atoms with E-state index in [4.69, 9.17) is 9.66 Å². The molecular formula is C6H8O3S. The number of hydrogen-bond donors (Lipinski definition) is 2. The maximum atomic E-state index is 10.4. The smallest absolute Gasteiger partial charge is 0.186 e. The molecule has 2 N–H and O–H groups in total. The van der Waals surface area contributed by atoms with Crippen LogP contribution < -0.4 is 0 Å². The van der Waals surface area contributed by atoms with Crippen LogP contribution in [-0.4, -0.2) is 20.0 Å². The summed E-state index contributed by atoms with van der Waals surface area (Å²) in [7, 11) is 0. The maximum absolute atomic E-state index is 10.4. The van der Waals surface area contributed by atoms with Crippen molar-refractivity contribution in [1.29, 1.82) is 0 Å². The van der Waals surface area contributed by atoms with Crippen LogP contribution in [0.15, 0.2) is 23.1 Å². The zero-order valence-electron chi connectivity index (χ0n) is 5.23. The van der Waals surface area contributed by atoms with Crippen LogP contribution in [0.4, 0.5) is 0 Å². The van der Waals surface area contributed by atoms with Crippen molar-refractivity contribution in [2.75, 3.05) is 0 Å². The van der Waals surface area contributed by atoms with E-state index >= 15 is 0 Å². The topological polar surface area (TPSA) is 57.5 Å². The van der Waals surface area contributed by atoms with E-state index in [0.717, 1.165) is 0 Å². The summed E-state index contributed by atoms with van der Waals surface area (Å²) in [4.78, 5) is 0.366. The Morgan fingerprint density at radius 3 is 2.80 bits per heavy atom. The van der Waals surface area contributed by atoms with Crippen LogP contribution in [0.3, 0.4) is 0 Å². The number of rotatable bonds is 1. The third-order valence-electron chi connectivity index (χ3n) is 1.24. The predicted molar refractivity (Wildman–Crippen MR) is 38.6 cm³/mol. The summed E-state index contributed by atoms with van der Waals surface area (Å²) < 4.78 is 18.9. The molecule has 0 saturated heterocycles. The number of allylic oxidation sites excluding steroid dienone is 1. The van der Waals surface area contributed by atoms with E-state index < -0.39 is 17.2 Å². The maximum Gasteiger partial charge on any atom is 0.186 e. The summed E-state index contributed by atoms with van der Waals surface area (Å²) in [5.41, 5.74) is 0. The molecule has 0 spiro atoms. The normalized spacial score (nSPS) is 27.8. The number of aliphatic hydroxyl groups excluding tert-OH is 1. The van der Waals surface area contributed by atoms with Gasteiger partial charge in [-0.2, -0.15) is 0 Å². The second-order valence-electron chi connectivity index (χ2n) is 2.02. The average Bonchev–Trinajstić information content (AvgIpc) is 1.88. The largest absolute Gasteiger partial charge is 0.389 e. The molecule has 2 atom stereocenters. The quantitative estimate of drug-likeness (QED) is 0.546. The van der Waals surface area contributed by atoms with E-state index in [0.29, 0.717) is 11.3 Å². The highest BCUT2D eigenvalue weighted by Gasteiger charge is 2.07. The second kappa shape index (κ2) is 3.09. The summed E-state index contributed by atoms with van der Waals surface area (Å²) in [6.07, 6.45) is 4.46. The van der Waals surface area contributed by atoms with E-state index in [1.807, 2.05) is 0 Å². The minimum Gasteiger partial charge on any atom is -0.389 e. The first-order chi connectivity index (χ1) is 4.70. The first-order valence-electron chi connectivity index (χ1n) is 2.87. The summed E-state index contributed by atoms with van der Waals surface area (Å²) in [5, 5.41) is 8.90. The van der Waals surface area contributed by atoms with Gasteiger partial charge in [-0.3, -0.25) is 0 Å². The van der Waals surface area contributed by atoms with Crippen molar-refractivity contribution in [2.24, 2.45) is 0 Å². The minimum absolute atomic E-state index is 0.366. The highest BCUT2D eigenvalue weighted by molar-refractivity contribution is 7.83. The van der Waals surface area contributed by atoms with Gasteiger partial charge in [-0.05, 0) is 12.5 Å². The van der Waals surface area contributed by atoms with Gasteiger partial charge >= 0.3 is 0 Å². The molecule has 0 heterocycles. The zero-order valence-corrected chi connectivity index (χ0v) is 6.04. The predicted octanol–water partition coefficient (Wildman–Crippen LogP) is 0.413. The fourth-order valence-corrected chi connectivity index (χ4v) is 1.15. The Morgan fingerprint density at radius 1 is 1.70 bits per heavy atom. The monoisotopic (exact) mass is 160 g/mol. The SMILES string of the molecule is O=S(O)C1=CCC(O)C=C1. The van der Waals surface area contributed by atoms with Gasteiger partial charge < -0.3 is 9.66 Å². The van der Waals surface area contributed by atoms with E-state index in [1.165, 1.54) is 12.2 Å². The molecular weight excluding hydrogens is 152 g/mol. The van der Waals surface area contributed by atoms with E-state index in [-0.39, 0.29) is 0 Å². The Bertz CT molecular complexity index is 207. The molecule has 0 bridgehead atoms. The van der Waals surface area contributed by atoms with Gasteiger partial charge in [0.1, 0.15) is 0 Å². The number of aliphatic hydroxyl groups is 1. The lowest BCUT2D eigenvalue weighted by atomic mass is 10.1. The van der Waals surface area contributed by atoms with Crippen molar-refractivity contribution in [1.82, 2.24) is 0 Å². The molecule has 10 heavy (non-hydrogen) atoms. The zero-order chi connectivity index (χ0) is 7.56.